The maximum absolute atomic E-state index is 12.8. The van der Waals surface area contributed by atoms with E-state index in [0.29, 0.717) is 18.1 Å². The number of nitrogens with one attached hydrogen (secondary N) is 2. The van der Waals surface area contributed by atoms with Gasteiger partial charge in [-0.15, -0.1) is 0 Å². The summed E-state index contributed by atoms with van der Waals surface area (Å²) in [6, 6.07) is 3.50. The number of Topliss-reactive ketones (excluding diaryl/α,β-unsaturated/α-hetero) is 1. The second kappa shape index (κ2) is 4.91. The first-order chi connectivity index (χ1) is 11.0. The molecule has 3 heterocycles. The number of aromatic nitrogens is 3. The number of hydrogen-bond donors (Lipinski definition) is 2. The highest BCUT2D eigenvalue weighted by molar-refractivity contribution is 6.00. The monoisotopic (exact) mass is 311 g/mol. The Balaban J connectivity index is 1.88. The van der Waals surface area contributed by atoms with Gasteiger partial charge in [-0.2, -0.15) is 0 Å². The van der Waals surface area contributed by atoms with E-state index in [4.69, 9.17) is 4.63 Å². The molecule has 1 atom stereocenters. The number of pyridine rings is 1. The molecule has 0 saturated carbocycles. The number of ketones is 1. The summed E-state index contributed by atoms with van der Waals surface area (Å²) < 4.78 is 4.82. The number of rotatable bonds is 1. The van der Waals surface area contributed by atoms with Gasteiger partial charge in [0.2, 0.25) is 11.6 Å². The minimum Gasteiger partial charge on any atom is -0.353 e. The average molecular weight is 311 g/mol. The van der Waals surface area contributed by atoms with E-state index < -0.39 is 0 Å². The van der Waals surface area contributed by atoms with Crippen LogP contribution in [-0.2, 0) is 4.79 Å². The summed E-state index contributed by atoms with van der Waals surface area (Å²) in [5.41, 5.74) is 2.50. The van der Waals surface area contributed by atoms with Crippen LogP contribution in [0.15, 0.2) is 40.4 Å². The molecule has 0 saturated heterocycles. The standard InChI is InChI=1S/C16H17N5O2/c1-16(2)7-10-12(11(22)8-16)13(9-3-5-17-6-4-9)19-15-14(18-10)20-23-21-15/h3-6,13H,7-8H2,1-2H3,(H,18,20)(H,19,21). The summed E-state index contributed by atoms with van der Waals surface area (Å²) in [6.45, 7) is 4.19. The van der Waals surface area contributed by atoms with Crippen LogP contribution >= 0.6 is 0 Å². The Labute approximate surface area is 133 Å². The fourth-order valence-corrected chi connectivity index (χ4v) is 3.30. The molecule has 0 bridgehead atoms. The summed E-state index contributed by atoms with van der Waals surface area (Å²) in [4.78, 5) is 16.9. The number of fused-ring (bicyclic) bond motifs is 1. The summed E-state index contributed by atoms with van der Waals surface area (Å²) in [6.07, 6.45) is 4.72. The van der Waals surface area contributed by atoms with Crippen molar-refractivity contribution in [2.45, 2.75) is 32.7 Å². The molecule has 4 rings (SSSR count). The van der Waals surface area contributed by atoms with Crippen LogP contribution in [0.5, 0.6) is 0 Å². The lowest BCUT2D eigenvalue weighted by atomic mass is 9.73. The molecule has 7 heteroatoms. The predicted molar refractivity (Wildman–Crippen MR) is 83.6 cm³/mol. The van der Waals surface area contributed by atoms with Crippen molar-refractivity contribution in [2.24, 2.45) is 5.41 Å². The summed E-state index contributed by atoms with van der Waals surface area (Å²) in [5.74, 6) is 1.16. The minimum atomic E-state index is -0.294. The number of carbonyl (C=O) groups is 1. The Kier molecular flexibility index (Phi) is 2.97. The SMILES string of the molecule is CC1(C)CC(=O)C2=C(C1)Nc1nonc1NC2c1ccncc1. The molecule has 2 aliphatic rings. The number of nitrogens with zero attached hydrogens (tertiary/aromatic N) is 3. The molecular formula is C16H17N5O2. The van der Waals surface area contributed by atoms with Crippen LogP contribution in [0.25, 0.3) is 0 Å². The van der Waals surface area contributed by atoms with E-state index in [2.05, 4.69) is 39.8 Å². The molecule has 1 aliphatic carbocycles. The largest absolute Gasteiger partial charge is 0.353 e. The molecule has 0 aromatic carbocycles. The highest BCUT2D eigenvalue weighted by Crippen LogP contribution is 2.44. The fraction of sp³-hybridized carbons (Fsp3) is 0.375. The minimum absolute atomic E-state index is 0.0899. The lowest BCUT2D eigenvalue weighted by molar-refractivity contribution is -0.118. The van der Waals surface area contributed by atoms with Gasteiger partial charge in [-0.1, -0.05) is 13.8 Å². The van der Waals surface area contributed by atoms with Crippen LogP contribution in [0.3, 0.4) is 0 Å². The van der Waals surface area contributed by atoms with Gasteiger partial charge < -0.3 is 10.6 Å². The Morgan fingerprint density at radius 3 is 2.70 bits per heavy atom. The fourth-order valence-electron chi connectivity index (χ4n) is 3.30. The molecule has 0 spiro atoms. The van der Waals surface area contributed by atoms with E-state index in [-0.39, 0.29) is 17.2 Å². The highest BCUT2D eigenvalue weighted by atomic mass is 16.6. The van der Waals surface area contributed by atoms with E-state index in [9.17, 15) is 4.79 Å². The number of carbonyl (C=O) groups excluding carboxylic acids is 1. The quantitative estimate of drug-likeness (QED) is 0.836. The van der Waals surface area contributed by atoms with Crippen LogP contribution in [-0.4, -0.2) is 21.1 Å². The van der Waals surface area contributed by atoms with Gasteiger partial charge in [-0.25, -0.2) is 4.63 Å². The third kappa shape index (κ3) is 2.38. The van der Waals surface area contributed by atoms with Gasteiger partial charge in [0.15, 0.2) is 5.78 Å². The van der Waals surface area contributed by atoms with Crippen molar-refractivity contribution in [1.82, 2.24) is 15.3 Å². The van der Waals surface area contributed by atoms with Crippen LogP contribution in [0, 0.1) is 5.41 Å². The van der Waals surface area contributed by atoms with Crippen LogP contribution in [0.1, 0.15) is 38.3 Å². The number of allylic oxidation sites excluding steroid dienone is 1. The van der Waals surface area contributed by atoms with Crippen molar-refractivity contribution in [2.75, 3.05) is 10.6 Å². The maximum atomic E-state index is 12.8. The second-order valence-corrected chi connectivity index (χ2v) is 6.78. The molecule has 2 N–H and O–H groups in total. The zero-order valence-electron chi connectivity index (χ0n) is 13.0. The van der Waals surface area contributed by atoms with Gasteiger partial charge in [-0.3, -0.25) is 9.78 Å². The van der Waals surface area contributed by atoms with Gasteiger partial charge in [0.1, 0.15) is 0 Å². The molecule has 2 aromatic rings. The lowest BCUT2D eigenvalue weighted by Crippen LogP contribution is -2.31. The zero-order chi connectivity index (χ0) is 16.0. The Morgan fingerprint density at radius 2 is 1.91 bits per heavy atom. The lowest BCUT2D eigenvalue weighted by Gasteiger charge is -2.33. The van der Waals surface area contributed by atoms with E-state index in [0.717, 1.165) is 23.3 Å². The first-order valence-electron chi connectivity index (χ1n) is 7.56. The number of anilines is 2. The van der Waals surface area contributed by atoms with Crippen LogP contribution < -0.4 is 10.6 Å². The predicted octanol–water partition coefficient (Wildman–Crippen LogP) is 2.69. The average Bonchev–Trinajstić information content (AvgIpc) is 2.86. The van der Waals surface area contributed by atoms with E-state index in [1.807, 2.05) is 12.1 Å². The van der Waals surface area contributed by atoms with E-state index in [1.165, 1.54) is 0 Å². The smallest absolute Gasteiger partial charge is 0.219 e. The van der Waals surface area contributed by atoms with Gasteiger partial charge in [0.25, 0.3) is 0 Å². The van der Waals surface area contributed by atoms with Gasteiger partial charge in [0, 0.05) is 30.1 Å². The molecule has 0 amide bonds. The van der Waals surface area contributed by atoms with Crippen molar-refractivity contribution in [3.63, 3.8) is 0 Å². The molecule has 23 heavy (non-hydrogen) atoms. The first-order valence-corrected chi connectivity index (χ1v) is 7.56. The van der Waals surface area contributed by atoms with Crippen molar-refractivity contribution in [3.05, 3.63) is 41.4 Å². The normalized spacial score (nSPS) is 22.5. The molecule has 1 unspecified atom stereocenters. The molecular weight excluding hydrogens is 294 g/mol. The third-order valence-electron chi connectivity index (χ3n) is 4.29. The molecule has 118 valence electrons. The maximum Gasteiger partial charge on any atom is 0.219 e. The highest BCUT2D eigenvalue weighted by Gasteiger charge is 2.39. The second-order valence-electron chi connectivity index (χ2n) is 6.78. The molecule has 0 fully saturated rings. The molecule has 1 aliphatic heterocycles. The molecule has 2 aromatic heterocycles. The third-order valence-corrected chi connectivity index (χ3v) is 4.29. The Morgan fingerprint density at radius 1 is 1.17 bits per heavy atom. The van der Waals surface area contributed by atoms with Crippen molar-refractivity contribution in [1.29, 1.82) is 0 Å². The Bertz CT molecular complexity index is 794. The van der Waals surface area contributed by atoms with Crippen molar-refractivity contribution >= 4 is 17.4 Å². The summed E-state index contributed by atoms with van der Waals surface area (Å²) in [7, 11) is 0. The van der Waals surface area contributed by atoms with Gasteiger partial charge in [0.05, 0.1) is 6.04 Å². The summed E-state index contributed by atoms with van der Waals surface area (Å²) >= 11 is 0. The van der Waals surface area contributed by atoms with E-state index >= 15 is 0 Å². The Hall–Kier alpha value is -2.70. The number of hydrogen-bond acceptors (Lipinski definition) is 7. The molecule has 7 nitrogen and oxygen atoms in total. The van der Waals surface area contributed by atoms with E-state index in [1.54, 1.807) is 12.4 Å². The summed E-state index contributed by atoms with van der Waals surface area (Å²) in [5, 5.41) is 14.3. The van der Waals surface area contributed by atoms with Crippen LogP contribution in [0.2, 0.25) is 0 Å². The first kappa shape index (κ1) is 13.9. The van der Waals surface area contributed by atoms with Gasteiger partial charge >= 0.3 is 0 Å². The van der Waals surface area contributed by atoms with Crippen LogP contribution in [0.4, 0.5) is 11.6 Å². The molecule has 0 radical (unpaired) electrons. The van der Waals surface area contributed by atoms with Gasteiger partial charge in [-0.05, 0) is 39.8 Å². The topological polar surface area (TPSA) is 92.9 Å². The van der Waals surface area contributed by atoms with Crippen molar-refractivity contribution in [3.8, 4) is 0 Å². The zero-order valence-corrected chi connectivity index (χ0v) is 13.0. The van der Waals surface area contributed by atoms with Crippen molar-refractivity contribution < 1.29 is 9.42 Å².